The van der Waals surface area contributed by atoms with Gasteiger partial charge in [0.05, 0.1) is 5.92 Å². The van der Waals surface area contributed by atoms with E-state index in [1.807, 2.05) is 0 Å². The van der Waals surface area contributed by atoms with Gasteiger partial charge in [0.1, 0.15) is 6.04 Å². The highest BCUT2D eigenvalue weighted by molar-refractivity contribution is 5.91. The number of amides is 2. The fraction of sp³-hybridized carbons (Fsp3) is 0.667. The second-order valence-electron chi connectivity index (χ2n) is 4.67. The van der Waals surface area contributed by atoms with Gasteiger partial charge in [-0.15, -0.1) is 0 Å². The molecule has 2 atom stereocenters. The van der Waals surface area contributed by atoms with Crippen LogP contribution in [0.25, 0.3) is 0 Å². The minimum atomic E-state index is -1.28. The van der Waals surface area contributed by atoms with E-state index < -0.39 is 29.8 Å². The first-order valence-electron chi connectivity index (χ1n) is 6.37. The number of rotatable bonds is 7. The molecule has 1 unspecified atom stereocenters. The van der Waals surface area contributed by atoms with Crippen LogP contribution >= 0.6 is 0 Å². The average Bonchev–Trinajstić information content (AvgIpc) is 2.75. The van der Waals surface area contributed by atoms with Gasteiger partial charge in [0.15, 0.2) is 0 Å². The maximum Gasteiger partial charge on any atom is 0.326 e. The van der Waals surface area contributed by atoms with Gasteiger partial charge in [0.2, 0.25) is 11.8 Å². The molecular weight excluding hydrogens is 268 g/mol. The van der Waals surface area contributed by atoms with Crippen LogP contribution in [0.3, 0.4) is 0 Å². The van der Waals surface area contributed by atoms with Crippen LogP contribution in [0.2, 0.25) is 0 Å². The van der Waals surface area contributed by atoms with Gasteiger partial charge in [-0.2, -0.15) is 0 Å². The van der Waals surface area contributed by atoms with E-state index in [1.165, 1.54) is 4.90 Å². The summed E-state index contributed by atoms with van der Waals surface area (Å²) < 4.78 is 0. The first-order chi connectivity index (χ1) is 9.35. The van der Waals surface area contributed by atoms with Crippen LogP contribution in [-0.4, -0.2) is 58.0 Å². The van der Waals surface area contributed by atoms with Crippen LogP contribution in [-0.2, 0) is 19.2 Å². The van der Waals surface area contributed by atoms with Gasteiger partial charge in [-0.3, -0.25) is 14.4 Å². The summed E-state index contributed by atoms with van der Waals surface area (Å²) in [5.41, 5.74) is 0. The number of hydrogen-bond donors (Lipinski definition) is 3. The molecule has 0 radical (unpaired) electrons. The van der Waals surface area contributed by atoms with Crippen LogP contribution in [0.5, 0.6) is 0 Å². The summed E-state index contributed by atoms with van der Waals surface area (Å²) in [4.78, 5) is 46.3. The second-order valence-corrected chi connectivity index (χ2v) is 4.67. The predicted molar refractivity (Wildman–Crippen MR) is 66.8 cm³/mol. The minimum Gasteiger partial charge on any atom is -0.481 e. The molecule has 0 aliphatic carbocycles. The van der Waals surface area contributed by atoms with Crippen molar-refractivity contribution in [1.82, 2.24) is 10.2 Å². The SMILES string of the molecule is CCN1CC(C(=O)N[C@@H](CCC(=O)O)C(=O)O)CC1=O. The fourth-order valence-corrected chi connectivity index (χ4v) is 2.07. The summed E-state index contributed by atoms with van der Waals surface area (Å²) in [7, 11) is 0. The number of aliphatic carboxylic acids is 2. The van der Waals surface area contributed by atoms with Crippen molar-refractivity contribution in [1.29, 1.82) is 0 Å². The van der Waals surface area contributed by atoms with E-state index in [2.05, 4.69) is 5.32 Å². The van der Waals surface area contributed by atoms with Crippen LogP contribution in [0.1, 0.15) is 26.2 Å². The Kier molecular flexibility index (Phi) is 5.48. The number of likely N-dealkylation sites (tertiary alicyclic amines) is 1. The van der Waals surface area contributed by atoms with E-state index >= 15 is 0 Å². The molecule has 3 N–H and O–H groups in total. The Balaban J connectivity index is 2.56. The van der Waals surface area contributed by atoms with Crippen molar-refractivity contribution in [2.45, 2.75) is 32.2 Å². The van der Waals surface area contributed by atoms with E-state index in [4.69, 9.17) is 10.2 Å². The molecule has 1 heterocycles. The number of carboxylic acids is 2. The summed E-state index contributed by atoms with van der Waals surface area (Å²) in [5, 5.41) is 19.8. The normalized spacial score (nSPS) is 19.8. The smallest absolute Gasteiger partial charge is 0.326 e. The third-order valence-corrected chi connectivity index (χ3v) is 3.23. The number of nitrogens with one attached hydrogen (secondary N) is 1. The molecule has 1 fully saturated rings. The van der Waals surface area contributed by atoms with E-state index in [-0.39, 0.29) is 31.7 Å². The molecule has 0 aromatic carbocycles. The molecule has 1 rings (SSSR count). The van der Waals surface area contributed by atoms with E-state index in [1.54, 1.807) is 6.92 Å². The summed E-state index contributed by atoms with van der Waals surface area (Å²) in [6, 6.07) is -1.25. The first kappa shape index (κ1) is 15.9. The Morgan fingerprint density at radius 2 is 2.05 bits per heavy atom. The monoisotopic (exact) mass is 286 g/mol. The highest BCUT2D eigenvalue weighted by Gasteiger charge is 2.35. The molecule has 1 aliphatic heterocycles. The van der Waals surface area contributed by atoms with Crippen molar-refractivity contribution in [3.63, 3.8) is 0 Å². The molecule has 0 saturated carbocycles. The van der Waals surface area contributed by atoms with Gasteiger partial charge in [0, 0.05) is 25.9 Å². The summed E-state index contributed by atoms with van der Waals surface area (Å²) >= 11 is 0. The third kappa shape index (κ3) is 4.22. The van der Waals surface area contributed by atoms with Gasteiger partial charge in [0.25, 0.3) is 0 Å². The van der Waals surface area contributed by atoms with Crippen molar-refractivity contribution in [2.75, 3.05) is 13.1 Å². The lowest BCUT2D eigenvalue weighted by Crippen LogP contribution is -2.44. The molecular formula is C12H18N2O6. The van der Waals surface area contributed by atoms with Crippen molar-refractivity contribution in [2.24, 2.45) is 5.92 Å². The molecule has 1 aliphatic rings. The number of hydrogen-bond acceptors (Lipinski definition) is 4. The van der Waals surface area contributed by atoms with Crippen LogP contribution in [0, 0.1) is 5.92 Å². The molecule has 8 nitrogen and oxygen atoms in total. The lowest BCUT2D eigenvalue weighted by atomic mass is 10.1. The predicted octanol–water partition coefficient (Wildman–Crippen LogP) is -0.711. The molecule has 1 saturated heterocycles. The molecule has 20 heavy (non-hydrogen) atoms. The zero-order valence-electron chi connectivity index (χ0n) is 11.2. The van der Waals surface area contributed by atoms with Gasteiger partial charge >= 0.3 is 11.9 Å². The average molecular weight is 286 g/mol. The van der Waals surface area contributed by atoms with Gasteiger partial charge in [-0.05, 0) is 13.3 Å². The van der Waals surface area contributed by atoms with Crippen molar-refractivity contribution < 1.29 is 29.4 Å². The third-order valence-electron chi connectivity index (χ3n) is 3.23. The highest BCUT2D eigenvalue weighted by Crippen LogP contribution is 2.17. The van der Waals surface area contributed by atoms with Gasteiger partial charge in [-0.25, -0.2) is 4.79 Å². The molecule has 2 amide bonds. The molecule has 8 heteroatoms. The number of nitrogens with zero attached hydrogens (tertiary/aromatic N) is 1. The maximum absolute atomic E-state index is 11.9. The Morgan fingerprint density at radius 3 is 2.50 bits per heavy atom. The molecule has 112 valence electrons. The highest BCUT2D eigenvalue weighted by atomic mass is 16.4. The number of carboxylic acid groups (broad SMARTS) is 2. The molecule has 0 bridgehead atoms. The van der Waals surface area contributed by atoms with Gasteiger partial charge in [-0.1, -0.05) is 0 Å². The van der Waals surface area contributed by atoms with Gasteiger partial charge < -0.3 is 20.4 Å². The lowest BCUT2D eigenvalue weighted by molar-refractivity contribution is -0.143. The number of carbonyl (C=O) groups is 4. The molecule has 0 aromatic heterocycles. The number of carbonyl (C=O) groups excluding carboxylic acids is 2. The zero-order chi connectivity index (χ0) is 15.3. The quantitative estimate of drug-likeness (QED) is 0.568. The van der Waals surface area contributed by atoms with Crippen molar-refractivity contribution in [3.8, 4) is 0 Å². The first-order valence-corrected chi connectivity index (χ1v) is 6.37. The largest absolute Gasteiger partial charge is 0.481 e. The fourth-order valence-electron chi connectivity index (χ4n) is 2.07. The summed E-state index contributed by atoms with van der Waals surface area (Å²) in [5.74, 6) is -3.64. The Hall–Kier alpha value is -2.12. The summed E-state index contributed by atoms with van der Waals surface area (Å²) in [6.07, 6.45) is -0.471. The zero-order valence-corrected chi connectivity index (χ0v) is 11.2. The topological polar surface area (TPSA) is 124 Å². The Labute approximate surface area is 115 Å². The summed E-state index contributed by atoms with van der Waals surface area (Å²) in [6.45, 7) is 2.57. The van der Waals surface area contributed by atoms with E-state index in [0.29, 0.717) is 6.54 Å². The second kappa shape index (κ2) is 6.88. The van der Waals surface area contributed by atoms with Crippen molar-refractivity contribution >= 4 is 23.8 Å². The molecule has 0 spiro atoms. The standard InChI is InChI=1S/C12H18N2O6/c1-2-14-6-7(5-9(14)15)11(18)13-8(12(19)20)3-4-10(16)17/h7-8H,2-6H2,1H3,(H,13,18)(H,16,17)(H,19,20)/t7?,8-/m0/s1. The van der Waals surface area contributed by atoms with E-state index in [0.717, 1.165) is 0 Å². The molecule has 0 aromatic rings. The van der Waals surface area contributed by atoms with Crippen molar-refractivity contribution in [3.05, 3.63) is 0 Å². The Bertz CT molecular complexity index is 422. The van der Waals surface area contributed by atoms with Crippen LogP contribution in [0.4, 0.5) is 0 Å². The Morgan fingerprint density at radius 1 is 1.40 bits per heavy atom. The maximum atomic E-state index is 11.9. The van der Waals surface area contributed by atoms with Crippen LogP contribution < -0.4 is 5.32 Å². The minimum absolute atomic E-state index is 0.0605. The van der Waals surface area contributed by atoms with Crippen LogP contribution in [0.15, 0.2) is 0 Å². The van der Waals surface area contributed by atoms with E-state index in [9.17, 15) is 19.2 Å². The lowest BCUT2D eigenvalue weighted by Gasteiger charge is -2.17.